The van der Waals surface area contributed by atoms with Crippen molar-refractivity contribution in [2.45, 2.75) is 25.0 Å². The van der Waals surface area contributed by atoms with Gasteiger partial charge in [0.05, 0.1) is 12.1 Å². The van der Waals surface area contributed by atoms with Gasteiger partial charge in [0.1, 0.15) is 5.82 Å². The first-order valence-corrected chi connectivity index (χ1v) is 8.21. The molecule has 5 nitrogen and oxygen atoms in total. The summed E-state index contributed by atoms with van der Waals surface area (Å²) in [6.07, 6.45) is -1.01. The van der Waals surface area contributed by atoms with Crippen molar-refractivity contribution >= 4 is 6.09 Å². The van der Waals surface area contributed by atoms with Crippen molar-refractivity contribution in [2.75, 3.05) is 13.1 Å². The molecule has 0 aromatic heterocycles. The van der Waals surface area contributed by atoms with E-state index >= 15 is 0 Å². The van der Waals surface area contributed by atoms with Crippen LogP contribution < -0.4 is 10.6 Å². The van der Waals surface area contributed by atoms with Gasteiger partial charge in [-0.3, -0.25) is 0 Å². The maximum atomic E-state index is 13.1. The molecule has 0 aliphatic carbocycles. The van der Waals surface area contributed by atoms with Crippen LogP contribution in [0.5, 0.6) is 0 Å². The minimum absolute atomic E-state index is 0.243. The molecule has 2 rings (SSSR count). The molecule has 0 bridgehead atoms. The van der Waals surface area contributed by atoms with E-state index in [0.717, 1.165) is 11.1 Å². The molecule has 6 heteroatoms. The lowest BCUT2D eigenvalue weighted by Gasteiger charge is -2.23. The molecule has 134 valence electrons. The summed E-state index contributed by atoms with van der Waals surface area (Å²) in [6, 6.07) is 15.2. The molecule has 0 radical (unpaired) electrons. The summed E-state index contributed by atoms with van der Waals surface area (Å²) in [4.78, 5) is 11.0. The number of hydrogen-bond donors (Lipinski definition) is 4. The Hall–Kier alpha value is -2.44. The van der Waals surface area contributed by atoms with E-state index in [0.29, 0.717) is 19.4 Å². The van der Waals surface area contributed by atoms with Crippen LogP contribution in [0.15, 0.2) is 54.6 Å². The van der Waals surface area contributed by atoms with E-state index in [1.54, 1.807) is 6.07 Å². The van der Waals surface area contributed by atoms with E-state index in [-0.39, 0.29) is 12.4 Å². The minimum atomic E-state index is -1.17. The van der Waals surface area contributed by atoms with Crippen LogP contribution in [0.1, 0.15) is 11.1 Å². The van der Waals surface area contributed by atoms with E-state index in [9.17, 15) is 14.3 Å². The van der Waals surface area contributed by atoms with Crippen molar-refractivity contribution in [2.24, 2.45) is 0 Å². The van der Waals surface area contributed by atoms with Crippen LogP contribution in [0, 0.1) is 5.82 Å². The van der Waals surface area contributed by atoms with Gasteiger partial charge < -0.3 is 20.8 Å². The number of hydrogen-bond acceptors (Lipinski definition) is 3. The SMILES string of the molecule is O=C(O)N[C@@H](Cc1ccccc1)[C@@H](O)CNCCc1cccc(F)c1. The van der Waals surface area contributed by atoms with Gasteiger partial charge in [0.15, 0.2) is 0 Å². The van der Waals surface area contributed by atoms with E-state index < -0.39 is 18.2 Å². The third kappa shape index (κ3) is 6.91. The fourth-order valence-corrected chi connectivity index (χ4v) is 2.63. The molecule has 4 N–H and O–H groups in total. The Labute approximate surface area is 146 Å². The molecule has 0 saturated heterocycles. The zero-order chi connectivity index (χ0) is 18.1. The predicted molar refractivity (Wildman–Crippen MR) is 94.1 cm³/mol. The summed E-state index contributed by atoms with van der Waals surface area (Å²) in [7, 11) is 0. The minimum Gasteiger partial charge on any atom is -0.465 e. The van der Waals surface area contributed by atoms with Crippen LogP contribution in [0.25, 0.3) is 0 Å². The van der Waals surface area contributed by atoms with Gasteiger partial charge in [0.2, 0.25) is 0 Å². The Balaban J connectivity index is 1.82. The third-order valence-electron chi connectivity index (χ3n) is 3.90. The maximum absolute atomic E-state index is 13.1. The normalized spacial score (nSPS) is 13.2. The molecule has 25 heavy (non-hydrogen) atoms. The molecular weight excluding hydrogens is 323 g/mol. The first-order chi connectivity index (χ1) is 12.0. The highest BCUT2D eigenvalue weighted by atomic mass is 19.1. The van der Waals surface area contributed by atoms with Crippen molar-refractivity contribution in [1.29, 1.82) is 0 Å². The zero-order valence-corrected chi connectivity index (χ0v) is 13.9. The van der Waals surface area contributed by atoms with E-state index in [4.69, 9.17) is 5.11 Å². The van der Waals surface area contributed by atoms with Crippen LogP contribution in [-0.2, 0) is 12.8 Å². The van der Waals surface area contributed by atoms with Crippen molar-refractivity contribution < 1.29 is 19.4 Å². The topological polar surface area (TPSA) is 81.6 Å². The second-order valence-electron chi connectivity index (χ2n) is 5.90. The van der Waals surface area contributed by atoms with Crippen LogP contribution in [-0.4, -0.2) is 41.5 Å². The molecule has 0 heterocycles. The van der Waals surface area contributed by atoms with Gasteiger partial charge in [-0.05, 0) is 42.6 Å². The average molecular weight is 346 g/mol. The van der Waals surface area contributed by atoms with Crippen LogP contribution in [0.2, 0.25) is 0 Å². The number of carboxylic acid groups (broad SMARTS) is 1. The molecule has 0 saturated carbocycles. The molecule has 0 spiro atoms. The van der Waals surface area contributed by atoms with E-state index in [1.165, 1.54) is 12.1 Å². The summed E-state index contributed by atoms with van der Waals surface area (Å²) in [5.74, 6) is -0.272. The lowest BCUT2D eigenvalue weighted by atomic mass is 10.0. The Morgan fingerprint density at radius 3 is 2.48 bits per heavy atom. The predicted octanol–water partition coefficient (Wildman–Crippen LogP) is 2.20. The molecular formula is C19H23FN2O3. The van der Waals surface area contributed by atoms with Gasteiger partial charge in [0.25, 0.3) is 0 Å². The highest BCUT2D eigenvalue weighted by Gasteiger charge is 2.21. The highest BCUT2D eigenvalue weighted by Crippen LogP contribution is 2.07. The number of aliphatic hydroxyl groups excluding tert-OH is 1. The van der Waals surface area contributed by atoms with Crippen molar-refractivity contribution in [3.63, 3.8) is 0 Å². The first kappa shape index (κ1) is 18.9. The molecule has 0 aliphatic heterocycles. The molecule has 0 unspecified atom stereocenters. The second kappa shape index (κ2) is 9.76. The lowest BCUT2D eigenvalue weighted by molar-refractivity contribution is 0.118. The van der Waals surface area contributed by atoms with Gasteiger partial charge in [0, 0.05) is 6.54 Å². The van der Waals surface area contributed by atoms with Crippen LogP contribution in [0.4, 0.5) is 9.18 Å². The summed E-state index contributed by atoms with van der Waals surface area (Å²) < 4.78 is 13.1. The fourth-order valence-electron chi connectivity index (χ4n) is 2.63. The van der Waals surface area contributed by atoms with Gasteiger partial charge in [-0.1, -0.05) is 42.5 Å². The van der Waals surface area contributed by atoms with E-state index in [1.807, 2.05) is 36.4 Å². The fraction of sp³-hybridized carbons (Fsp3) is 0.316. The molecule has 2 atom stereocenters. The number of aliphatic hydroxyl groups is 1. The smallest absolute Gasteiger partial charge is 0.404 e. The number of halogens is 1. The summed E-state index contributed by atoms with van der Waals surface area (Å²) >= 11 is 0. The van der Waals surface area contributed by atoms with Crippen molar-refractivity contribution in [3.8, 4) is 0 Å². The van der Waals surface area contributed by atoms with Gasteiger partial charge in [-0.15, -0.1) is 0 Å². The molecule has 0 aliphatic rings. The Bertz CT molecular complexity index is 667. The van der Waals surface area contributed by atoms with Crippen molar-refractivity contribution in [1.82, 2.24) is 10.6 Å². The first-order valence-electron chi connectivity index (χ1n) is 8.21. The van der Waals surface area contributed by atoms with Crippen molar-refractivity contribution in [3.05, 3.63) is 71.5 Å². The summed E-state index contributed by atoms with van der Waals surface area (Å²) in [5, 5.41) is 24.7. The van der Waals surface area contributed by atoms with Gasteiger partial charge in [-0.2, -0.15) is 0 Å². The maximum Gasteiger partial charge on any atom is 0.404 e. The number of amides is 1. The third-order valence-corrected chi connectivity index (χ3v) is 3.90. The van der Waals surface area contributed by atoms with Gasteiger partial charge in [-0.25, -0.2) is 9.18 Å². The number of nitrogens with one attached hydrogen (secondary N) is 2. The number of rotatable bonds is 9. The van der Waals surface area contributed by atoms with Gasteiger partial charge >= 0.3 is 6.09 Å². The molecule has 1 amide bonds. The Morgan fingerprint density at radius 2 is 1.80 bits per heavy atom. The monoisotopic (exact) mass is 346 g/mol. The zero-order valence-electron chi connectivity index (χ0n) is 13.9. The largest absolute Gasteiger partial charge is 0.465 e. The Kier molecular flexibility index (Phi) is 7.37. The van der Waals surface area contributed by atoms with E-state index in [2.05, 4.69) is 10.6 Å². The standard InChI is InChI=1S/C19H23FN2O3/c20-16-8-4-7-15(11-16)9-10-21-13-18(23)17(22-19(24)25)12-14-5-2-1-3-6-14/h1-8,11,17-18,21-23H,9-10,12-13H2,(H,24,25)/t17-,18-/m0/s1. The molecule has 0 fully saturated rings. The highest BCUT2D eigenvalue weighted by molar-refractivity contribution is 5.65. The molecule has 2 aromatic carbocycles. The van der Waals surface area contributed by atoms with Crippen LogP contribution >= 0.6 is 0 Å². The average Bonchev–Trinajstić information content (AvgIpc) is 2.58. The number of benzene rings is 2. The molecule has 2 aromatic rings. The Morgan fingerprint density at radius 1 is 1.08 bits per heavy atom. The summed E-state index contributed by atoms with van der Waals surface area (Å²) in [6.45, 7) is 0.804. The number of carbonyl (C=O) groups is 1. The lowest BCUT2D eigenvalue weighted by Crippen LogP contribution is -2.48. The summed E-state index contributed by atoms with van der Waals surface area (Å²) in [5.41, 5.74) is 1.81. The quantitative estimate of drug-likeness (QED) is 0.525. The van der Waals surface area contributed by atoms with Crippen LogP contribution in [0.3, 0.4) is 0 Å². The second-order valence-corrected chi connectivity index (χ2v) is 5.90.